The number of hydrogen-bond acceptors (Lipinski definition) is 3. The highest BCUT2D eigenvalue weighted by atomic mass is 35.5. The highest BCUT2D eigenvalue weighted by Gasteiger charge is 2.16. The van der Waals surface area contributed by atoms with Gasteiger partial charge in [0.05, 0.1) is 6.54 Å². The first kappa shape index (κ1) is 17.4. The first-order chi connectivity index (χ1) is 9.83. The van der Waals surface area contributed by atoms with Crippen LogP contribution in [0.4, 0.5) is 0 Å². The molecule has 2 amide bonds. The van der Waals surface area contributed by atoms with E-state index < -0.39 is 0 Å². The van der Waals surface area contributed by atoms with E-state index in [4.69, 9.17) is 11.6 Å². The molecular weight excluding hydrogens is 290 g/mol. The number of carbonyl (C=O) groups excluding carboxylic acids is 2. The second-order valence-corrected chi connectivity index (χ2v) is 5.69. The Morgan fingerprint density at radius 2 is 2.05 bits per heavy atom. The number of pyridine rings is 1. The number of aryl methyl sites for hydroxylation is 1. The molecule has 1 aromatic heterocycles. The van der Waals surface area contributed by atoms with Crippen LogP contribution in [-0.2, 0) is 11.2 Å². The Morgan fingerprint density at radius 3 is 2.62 bits per heavy atom. The Kier molecular flexibility index (Phi) is 6.62. The first-order valence-electron chi connectivity index (χ1n) is 7.04. The summed E-state index contributed by atoms with van der Waals surface area (Å²) in [7, 11) is 1.59. The summed E-state index contributed by atoms with van der Waals surface area (Å²) in [6.45, 7) is 5.80. The van der Waals surface area contributed by atoms with Crippen LogP contribution in [0.1, 0.15) is 43.2 Å². The van der Waals surface area contributed by atoms with Crippen LogP contribution in [0.2, 0.25) is 5.15 Å². The van der Waals surface area contributed by atoms with Gasteiger partial charge in [-0.3, -0.25) is 9.59 Å². The van der Waals surface area contributed by atoms with Crippen molar-refractivity contribution in [3.05, 3.63) is 28.5 Å². The molecule has 116 valence electrons. The van der Waals surface area contributed by atoms with Crippen molar-refractivity contribution in [3.63, 3.8) is 0 Å². The van der Waals surface area contributed by atoms with Crippen LogP contribution < -0.4 is 5.32 Å². The van der Waals surface area contributed by atoms with Crippen molar-refractivity contribution < 1.29 is 9.59 Å². The van der Waals surface area contributed by atoms with Gasteiger partial charge >= 0.3 is 0 Å². The number of carbonyl (C=O) groups is 2. The van der Waals surface area contributed by atoms with E-state index in [1.165, 1.54) is 11.0 Å². The molecule has 6 heteroatoms. The lowest BCUT2D eigenvalue weighted by molar-refractivity contribution is -0.122. The predicted molar refractivity (Wildman–Crippen MR) is 83.5 cm³/mol. The number of aromatic nitrogens is 1. The molecule has 0 atom stereocenters. The van der Waals surface area contributed by atoms with Gasteiger partial charge in [0.15, 0.2) is 0 Å². The topological polar surface area (TPSA) is 62.3 Å². The molecule has 0 aliphatic carbocycles. The highest BCUT2D eigenvalue weighted by Crippen LogP contribution is 2.14. The Labute approximate surface area is 130 Å². The molecule has 1 aromatic rings. The van der Waals surface area contributed by atoms with E-state index in [2.05, 4.69) is 10.3 Å². The van der Waals surface area contributed by atoms with E-state index in [1.807, 2.05) is 20.8 Å². The van der Waals surface area contributed by atoms with Crippen LogP contribution in [0.25, 0.3) is 0 Å². The van der Waals surface area contributed by atoms with Crippen molar-refractivity contribution in [2.45, 2.75) is 39.7 Å². The maximum absolute atomic E-state index is 12.3. The van der Waals surface area contributed by atoms with E-state index in [0.29, 0.717) is 10.7 Å². The molecule has 1 heterocycles. The van der Waals surface area contributed by atoms with E-state index in [-0.39, 0.29) is 24.4 Å². The summed E-state index contributed by atoms with van der Waals surface area (Å²) in [4.78, 5) is 29.6. The summed E-state index contributed by atoms with van der Waals surface area (Å²) < 4.78 is 0. The van der Waals surface area contributed by atoms with Crippen LogP contribution in [0.15, 0.2) is 12.1 Å². The number of rotatable bonds is 6. The molecule has 0 saturated carbocycles. The van der Waals surface area contributed by atoms with Crippen molar-refractivity contribution in [2.75, 3.05) is 13.6 Å². The van der Waals surface area contributed by atoms with Crippen LogP contribution >= 0.6 is 11.6 Å². The van der Waals surface area contributed by atoms with Crippen molar-refractivity contribution in [2.24, 2.45) is 0 Å². The Bertz CT molecular complexity index is 518. The molecule has 1 rings (SSSR count). The fourth-order valence-corrected chi connectivity index (χ4v) is 2.16. The molecule has 0 radical (unpaired) electrons. The van der Waals surface area contributed by atoms with Gasteiger partial charge in [-0.05, 0) is 32.4 Å². The van der Waals surface area contributed by atoms with Crippen molar-refractivity contribution in [3.8, 4) is 0 Å². The van der Waals surface area contributed by atoms with Crippen molar-refractivity contribution in [1.82, 2.24) is 15.2 Å². The monoisotopic (exact) mass is 311 g/mol. The van der Waals surface area contributed by atoms with Gasteiger partial charge in [-0.2, -0.15) is 0 Å². The quantitative estimate of drug-likeness (QED) is 0.820. The lowest BCUT2D eigenvalue weighted by atomic mass is 10.1. The number of nitrogens with one attached hydrogen (secondary N) is 1. The molecule has 0 aliphatic heterocycles. The van der Waals surface area contributed by atoms with Crippen LogP contribution in [0, 0.1) is 0 Å². The van der Waals surface area contributed by atoms with Gasteiger partial charge in [0.2, 0.25) is 5.91 Å². The third-order valence-electron chi connectivity index (χ3n) is 2.78. The summed E-state index contributed by atoms with van der Waals surface area (Å²) in [6, 6.07) is 3.31. The smallest absolute Gasteiger partial charge is 0.254 e. The molecular formula is C15H22ClN3O2. The Hall–Kier alpha value is -1.62. The lowest BCUT2D eigenvalue weighted by Crippen LogP contribution is -2.40. The van der Waals surface area contributed by atoms with Crippen molar-refractivity contribution >= 4 is 23.4 Å². The second kappa shape index (κ2) is 7.98. The van der Waals surface area contributed by atoms with Crippen LogP contribution in [-0.4, -0.2) is 41.3 Å². The molecule has 1 N–H and O–H groups in total. The number of halogens is 1. The zero-order valence-corrected chi connectivity index (χ0v) is 13.7. The summed E-state index contributed by atoms with van der Waals surface area (Å²) >= 11 is 5.95. The molecule has 0 fully saturated rings. The number of likely N-dealkylation sites (N-methyl/N-ethyl adjacent to an activating group) is 1. The molecule has 0 aliphatic rings. The SMILES string of the molecule is CCCc1cc(C(=O)N(C)CC(=O)NC(C)C)cc(Cl)n1. The Morgan fingerprint density at radius 1 is 1.38 bits per heavy atom. The Balaban J connectivity index is 2.80. The molecule has 0 saturated heterocycles. The maximum atomic E-state index is 12.3. The molecule has 0 spiro atoms. The minimum absolute atomic E-state index is 0.0140. The van der Waals surface area contributed by atoms with E-state index in [0.717, 1.165) is 18.5 Å². The minimum Gasteiger partial charge on any atom is -0.352 e. The van der Waals surface area contributed by atoms with Gasteiger partial charge in [-0.15, -0.1) is 0 Å². The van der Waals surface area contributed by atoms with Gasteiger partial charge < -0.3 is 10.2 Å². The number of amides is 2. The number of hydrogen-bond donors (Lipinski definition) is 1. The molecule has 5 nitrogen and oxygen atoms in total. The maximum Gasteiger partial charge on any atom is 0.254 e. The van der Waals surface area contributed by atoms with Crippen molar-refractivity contribution in [1.29, 1.82) is 0 Å². The average Bonchev–Trinajstić information content (AvgIpc) is 2.36. The normalized spacial score (nSPS) is 10.6. The third-order valence-corrected chi connectivity index (χ3v) is 2.97. The zero-order valence-electron chi connectivity index (χ0n) is 12.9. The van der Waals surface area contributed by atoms with Gasteiger partial charge in [0.1, 0.15) is 5.15 Å². The highest BCUT2D eigenvalue weighted by molar-refractivity contribution is 6.29. The fraction of sp³-hybridized carbons (Fsp3) is 0.533. The predicted octanol–water partition coefficient (Wildman–Crippen LogP) is 2.28. The molecule has 0 aromatic carbocycles. The van der Waals surface area contributed by atoms with Gasteiger partial charge in [0.25, 0.3) is 5.91 Å². The van der Waals surface area contributed by atoms with E-state index in [1.54, 1.807) is 13.1 Å². The summed E-state index contributed by atoms with van der Waals surface area (Å²) in [5, 5.41) is 3.05. The average molecular weight is 312 g/mol. The summed E-state index contributed by atoms with van der Waals surface area (Å²) in [5.74, 6) is -0.426. The van der Waals surface area contributed by atoms with Crippen LogP contribution in [0.5, 0.6) is 0 Å². The summed E-state index contributed by atoms with van der Waals surface area (Å²) in [5.41, 5.74) is 1.24. The number of nitrogens with zero attached hydrogens (tertiary/aromatic N) is 2. The molecule has 0 unspecified atom stereocenters. The van der Waals surface area contributed by atoms with Gasteiger partial charge in [-0.25, -0.2) is 4.98 Å². The second-order valence-electron chi connectivity index (χ2n) is 5.30. The third kappa shape index (κ3) is 5.71. The standard InChI is InChI=1S/C15H22ClN3O2/c1-5-6-12-7-11(8-13(16)18-12)15(21)19(4)9-14(20)17-10(2)3/h7-8,10H,5-6,9H2,1-4H3,(H,17,20). The largest absolute Gasteiger partial charge is 0.352 e. The van der Waals surface area contributed by atoms with E-state index in [9.17, 15) is 9.59 Å². The van der Waals surface area contributed by atoms with E-state index >= 15 is 0 Å². The summed E-state index contributed by atoms with van der Waals surface area (Å²) in [6.07, 6.45) is 1.69. The van der Waals surface area contributed by atoms with Crippen LogP contribution in [0.3, 0.4) is 0 Å². The molecule has 0 bridgehead atoms. The van der Waals surface area contributed by atoms with Gasteiger partial charge in [-0.1, -0.05) is 24.9 Å². The molecule has 21 heavy (non-hydrogen) atoms. The van der Waals surface area contributed by atoms with Gasteiger partial charge in [0, 0.05) is 24.3 Å². The lowest BCUT2D eigenvalue weighted by Gasteiger charge is -2.18. The fourth-order valence-electron chi connectivity index (χ4n) is 1.93. The first-order valence-corrected chi connectivity index (χ1v) is 7.42. The minimum atomic E-state index is -0.240. The zero-order chi connectivity index (χ0) is 16.0.